The Morgan fingerprint density at radius 1 is 1.42 bits per heavy atom. The first-order chi connectivity index (χ1) is 8.97. The number of likely N-dealkylation sites (N-methyl/N-ethyl adjacent to an activating group) is 1. The molecule has 0 radical (unpaired) electrons. The number of amides is 2. The highest BCUT2D eigenvalue weighted by Crippen LogP contribution is 2.10. The summed E-state index contributed by atoms with van der Waals surface area (Å²) in [5.74, 6) is 0.237. The largest absolute Gasteiger partial charge is 0.352 e. The summed E-state index contributed by atoms with van der Waals surface area (Å²) < 4.78 is 0. The predicted octanol–water partition coefficient (Wildman–Crippen LogP) is 0.890. The van der Waals surface area contributed by atoms with Gasteiger partial charge in [-0.05, 0) is 26.2 Å². The van der Waals surface area contributed by atoms with E-state index < -0.39 is 0 Å². The zero-order chi connectivity index (χ0) is 14.4. The molecule has 0 aromatic carbocycles. The highest BCUT2D eigenvalue weighted by molar-refractivity contribution is 5.81. The van der Waals surface area contributed by atoms with Gasteiger partial charge in [-0.1, -0.05) is 13.8 Å². The van der Waals surface area contributed by atoms with E-state index >= 15 is 0 Å². The Labute approximate surface area is 116 Å². The fraction of sp³-hybridized carbons (Fsp3) is 0.857. The molecule has 2 amide bonds. The zero-order valence-corrected chi connectivity index (χ0v) is 12.5. The van der Waals surface area contributed by atoms with E-state index in [1.165, 1.54) is 0 Å². The molecule has 0 aromatic heterocycles. The Kier molecular flexibility index (Phi) is 6.28. The van der Waals surface area contributed by atoms with Crippen molar-refractivity contribution in [1.82, 2.24) is 15.5 Å². The van der Waals surface area contributed by atoms with E-state index in [1.807, 2.05) is 14.0 Å². The zero-order valence-electron chi connectivity index (χ0n) is 12.5. The summed E-state index contributed by atoms with van der Waals surface area (Å²) in [5.41, 5.74) is 0. The summed E-state index contributed by atoms with van der Waals surface area (Å²) in [7, 11) is 1.81. The molecule has 2 N–H and O–H groups in total. The van der Waals surface area contributed by atoms with Crippen LogP contribution < -0.4 is 10.6 Å². The third-order valence-electron chi connectivity index (χ3n) is 3.84. The van der Waals surface area contributed by atoms with Gasteiger partial charge in [0.25, 0.3) is 0 Å². The molecule has 110 valence electrons. The van der Waals surface area contributed by atoms with Crippen molar-refractivity contribution in [2.45, 2.75) is 64.6 Å². The molecule has 2 atom stereocenters. The first kappa shape index (κ1) is 16.0. The maximum Gasteiger partial charge on any atom is 0.237 e. The average Bonchev–Trinajstić information content (AvgIpc) is 2.39. The molecule has 1 rings (SSSR count). The van der Waals surface area contributed by atoms with Crippen molar-refractivity contribution in [2.24, 2.45) is 0 Å². The fourth-order valence-electron chi connectivity index (χ4n) is 2.40. The summed E-state index contributed by atoms with van der Waals surface area (Å²) in [5, 5.41) is 6.36. The standard InChI is InChI=1S/C14H27N3O2/c1-5-11(6-2)16-14(19)10(3)15-12-7-8-13(18)17(4)9-12/h10-12,15H,5-9H2,1-4H3,(H,16,19). The second-order valence-corrected chi connectivity index (χ2v) is 5.42. The number of piperidine rings is 1. The molecular weight excluding hydrogens is 242 g/mol. The van der Waals surface area contributed by atoms with Gasteiger partial charge in [0.15, 0.2) is 0 Å². The first-order valence-electron chi connectivity index (χ1n) is 7.28. The second kappa shape index (κ2) is 7.48. The molecule has 5 nitrogen and oxygen atoms in total. The van der Waals surface area contributed by atoms with Gasteiger partial charge in [-0.3, -0.25) is 9.59 Å². The third kappa shape index (κ3) is 4.82. The van der Waals surface area contributed by atoms with Crippen LogP contribution in [0.25, 0.3) is 0 Å². The number of rotatable bonds is 6. The topological polar surface area (TPSA) is 61.4 Å². The molecule has 0 bridgehead atoms. The number of nitrogens with zero attached hydrogens (tertiary/aromatic N) is 1. The molecule has 0 saturated carbocycles. The quantitative estimate of drug-likeness (QED) is 0.753. The van der Waals surface area contributed by atoms with E-state index in [0.29, 0.717) is 13.0 Å². The van der Waals surface area contributed by atoms with Gasteiger partial charge < -0.3 is 15.5 Å². The lowest BCUT2D eigenvalue weighted by atomic mass is 10.0. The normalized spacial score (nSPS) is 21.6. The van der Waals surface area contributed by atoms with Crippen molar-refractivity contribution in [1.29, 1.82) is 0 Å². The Bertz CT molecular complexity index is 316. The SMILES string of the molecule is CCC(CC)NC(=O)C(C)NC1CCC(=O)N(C)C1. The molecule has 1 saturated heterocycles. The van der Waals surface area contributed by atoms with Crippen molar-refractivity contribution in [3.05, 3.63) is 0 Å². The van der Waals surface area contributed by atoms with Crippen LogP contribution in [-0.2, 0) is 9.59 Å². The lowest BCUT2D eigenvalue weighted by Gasteiger charge is -2.32. The molecule has 1 aliphatic rings. The monoisotopic (exact) mass is 269 g/mol. The predicted molar refractivity (Wildman–Crippen MR) is 75.8 cm³/mol. The van der Waals surface area contributed by atoms with Crippen molar-refractivity contribution in [2.75, 3.05) is 13.6 Å². The molecule has 1 heterocycles. The van der Waals surface area contributed by atoms with Crippen molar-refractivity contribution >= 4 is 11.8 Å². The summed E-state index contributed by atoms with van der Waals surface area (Å²) >= 11 is 0. The number of hydrogen-bond donors (Lipinski definition) is 2. The molecule has 1 aliphatic heterocycles. The van der Waals surface area contributed by atoms with Gasteiger partial charge in [0.2, 0.25) is 11.8 Å². The number of nitrogens with one attached hydrogen (secondary N) is 2. The van der Waals surface area contributed by atoms with Gasteiger partial charge in [-0.25, -0.2) is 0 Å². The van der Waals surface area contributed by atoms with Crippen LogP contribution in [0.4, 0.5) is 0 Å². The molecule has 5 heteroatoms. The fourth-order valence-corrected chi connectivity index (χ4v) is 2.40. The molecular formula is C14H27N3O2. The van der Waals surface area contributed by atoms with E-state index in [9.17, 15) is 9.59 Å². The Balaban J connectivity index is 2.39. The van der Waals surface area contributed by atoms with E-state index in [0.717, 1.165) is 19.3 Å². The maximum atomic E-state index is 12.0. The van der Waals surface area contributed by atoms with Gasteiger partial charge in [-0.15, -0.1) is 0 Å². The molecule has 19 heavy (non-hydrogen) atoms. The maximum absolute atomic E-state index is 12.0. The Morgan fingerprint density at radius 2 is 2.05 bits per heavy atom. The van der Waals surface area contributed by atoms with Gasteiger partial charge in [-0.2, -0.15) is 0 Å². The van der Waals surface area contributed by atoms with Crippen LogP contribution in [0.1, 0.15) is 46.5 Å². The van der Waals surface area contributed by atoms with Crippen LogP contribution in [0.15, 0.2) is 0 Å². The second-order valence-electron chi connectivity index (χ2n) is 5.42. The number of likely N-dealkylation sites (tertiary alicyclic amines) is 1. The summed E-state index contributed by atoms with van der Waals surface area (Å²) in [6.45, 7) is 6.72. The van der Waals surface area contributed by atoms with Crippen molar-refractivity contribution in [3.63, 3.8) is 0 Å². The minimum Gasteiger partial charge on any atom is -0.352 e. The summed E-state index contributed by atoms with van der Waals surface area (Å²) in [6, 6.07) is 0.254. The van der Waals surface area contributed by atoms with Crippen molar-refractivity contribution < 1.29 is 9.59 Å². The molecule has 0 aliphatic carbocycles. The van der Waals surface area contributed by atoms with Gasteiger partial charge >= 0.3 is 0 Å². The highest BCUT2D eigenvalue weighted by Gasteiger charge is 2.25. The van der Waals surface area contributed by atoms with Crippen LogP contribution in [-0.4, -0.2) is 48.4 Å². The summed E-state index contributed by atoms with van der Waals surface area (Å²) in [4.78, 5) is 25.2. The first-order valence-corrected chi connectivity index (χ1v) is 7.28. The lowest BCUT2D eigenvalue weighted by molar-refractivity contribution is -0.132. The number of carbonyl (C=O) groups is 2. The number of hydrogen-bond acceptors (Lipinski definition) is 3. The smallest absolute Gasteiger partial charge is 0.237 e. The van der Waals surface area contributed by atoms with Gasteiger partial charge in [0.1, 0.15) is 0 Å². The average molecular weight is 269 g/mol. The van der Waals surface area contributed by atoms with Crippen molar-refractivity contribution in [3.8, 4) is 0 Å². The summed E-state index contributed by atoms with van der Waals surface area (Å²) in [6.07, 6.45) is 3.28. The van der Waals surface area contributed by atoms with Crippen LogP contribution in [0.3, 0.4) is 0 Å². The highest BCUT2D eigenvalue weighted by atomic mass is 16.2. The van der Waals surface area contributed by atoms with E-state index in [-0.39, 0.29) is 29.9 Å². The van der Waals surface area contributed by atoms with Crippen LogP contribution in [0, 0.1) is 0 Å². The Hall–Kier alpha value is -1.10. The van der Waals surface area contributed by atoms with Crippen LogP contribution in [0.5, 0.6) is 0 Å². The van der Waals surface area contributed by atoms with E-state index in [4.69, 9.17) is 0 Å². The molecule has 1 fully saturated rings. The molecule has 0 aromatic rings. The molecule has 2 unspecified atom stereocenters. The van der Waals surface area contributed by atoms with Crippen LogP contribution in [0.2, 0.25) is 0 Å². The third-order valence-corrected chi connectivity index (χ3v) is 3.84. The van der Waals surface area contributed by atoms with E-state index in [2.05, 4.69) is 24.5 Å². The van der Waals surface area contributed by atoms with E-state index in [1.54, 1.807) is 4.90 Å². The number of carbonyl (C=O) groups excluding carboxylic acids is 2. The minimum atomic E-state index is -0.216. The molecule has 0 spiro atoms. The van der Waals surface area contributed by atoms with Gasteiger partial charge in [0.05, 0.1) is 6.04 Å². The Morgan fingerprint density at radius 3 is 2.58 bits per heavy atom. The van der Waals surface area contributed by atoms with Gasteiger partial charge in [0, 0.05) is 32.1 Å². The van der Waals surface area contributed by atoms with Crippen LogP contribution >= 0.6 is 0 Å². The lowest BCUT2D eigenvalue weighted by Crippen LogP contribution is -2.54. The minimum absolute atomic E-state index is 0.0493.